The number of aliphatic hydroxyl groups excluding tert-OH is 1. The summed E-state index contributed by atoms with van der Waals surface area (Å²) in [6.07, 6.45) is 3.78. The Bertz CT molecular complexity index is 492. The van der Waals surface area contributed by atoms with E-state index in [0.29, 0.717) is 12.1 Å². The summed E-state index contributed by atoms with van der Waals surface area (Å²) in [5, 5.41) is 19.2. The lowest BCUT2D eigenvalue weighted by Crippen LogP contribution is -2.41. The molecule has 0 aliphatic carbocycles. The van der Waals surface area contributed by atoms with Crippen LogP contribution in [0.2, 0.25) is 0 Å². The Hall–Kier alpha value is -1.64. The van der Waals surface area contributed by atoms with E-state index in [1.165, 1.54) is 12.8 Å². The topological polar surface area (TPSA) is 63.4 Å². The maximum atomic E-state index is 10.2. The number of hydrogen-bond donors (Lipinski definition) is 1. The molecule has 1 aromatic heterocycles. The van der Waals surface area contributed by atoms with Gasteiger partial charge < -0.3 is 10.0 Å². The fourth-order valence-corrected chi connectivity index (χ4v) is 3.05. The molecule has 0 amide bonds. The zero-order chi connectivity index (χ0) is 13.2. The van der Waals surface area contributed by atoms with E-state index in [2.05, 4.69) is 20.9 Å². The molecular formula is C14H18N4O. The van der Waals surface area contributed by atoms with Crippen LogP contribution in [0.15, 0.2) is 18.3 Å². The molecule has 0 spiro atoms. The number of β-amino-alcohol motifs (C(OH)–C–C–N with tert-alkyl or cyclic N) is 1. The molecular weight excluding hydrogens is 240 g/mol. The molecule has 2 atom stereocenters. The summed E-state index contributed by atoms with van der Waals surface area (Å²) in [5.41, 5.74) is 0.615. The lowest BCUT2D eigenvalue weighted by atomic mass is 10.2. The van der Waals surface area contributed by atoms with Crippen LogP contribution < -0.4 is 4.90 Å². The predicted molar refractivity (Wildman–Crippen MR) is 71.8 cm³/mol. The molecule has 100 valence electrons. The fourth-order valence-electron chi connectivity index (χ4n) is 3.05. The summed E-state index contributed by atoms with van der Waals surface area (Å²) < 4.78 is 0. The Morgan fingerprint density at radius 3 is 2.84 bits per heavy atom. The van der Waals surface area contributed by atoms with Crippen molar-refractivity contribution in [3.8, 4) is 6.07 Å². The second-order valence-corrected chi connectivity index (χ2v) is 5.30. The van der Waals surface area contributed by atoms with Gasteiger partial charge in [0.2, 0.25) is 0 Å². The number of nitrogens with zero attached hydrogens (tertiary/aromatic N) is 4. The van der Waals surface area contributed by atoms with Crippen LogP contribution in [0.25, 0.3) is 0 Å². The number of nitriles is 1. The van der Waals surface area contributed by atoms with E-state index in [1.807, 2.05) is 0 Å². The van der Waals surface area contributed by atoms with E-state index < -0.39 is 0 Å². The van der Waals surface area contributed by atoms with Crippen LogP contribution in [-0.2, 0) is 0 Å². The van der Waals surface area contributed by atoms with Gasteiger partial charge in [0.1, 0.15) is 5.82 Å². The van der Waals surface area contributed by atoms with Crippen molar-refractivity contribution in [1.29, 1.82) is 5.26 Å². The average molecular weight is 258 g/mol. The molecule has 1 aromatic rings. The fraction of sp³-hybridized carbons (Fsp3) is 0.571. The molecule has 0 bridgehead atoms. The molecule has 2 fully saturated rings. The Morgan fingerprint density at radius 2 is 2.11 bits per heavy atom. The minimum Gasteiger partial charge on any atom is -0.390 e. The van der Waals surface area contributed by atoms with Crippen LogP contribution in [0.1, 0.15) is 18.4 Å². The Kier molecular flexibility index (Phi) is 3.36. The summed E-state index contributed by atoms with van der Waals surface area (Å²) in [5.74, 6) is 0.791. The number of hydrogen-bond acceptors (Lipinski definition) is 5. The minimum absolute atomic E-state index is 0.204. The Balaban J connectivity index is 1.74. The molecule has 3 rings (SSSR count). The molecule has 0 aromatic carbocycles. The predicted octanol–water partition coefficient (Wildman–Crippen LogP) is 0.599. The molecule has 5 nitrogen and oxygen atoms in total. The second kappa shape index (κ2) is 5.16. The average Bonchev–Trinajstić information content (AvgIpc) is 3.07. The molecule has 19 heavy (non-hydrogen) atoms. The van der Waals surface area contributed by atoms with Crippen LogP contribution in [0, 0.1) is 11.3 Å². The van der Waals surface area contributed by atoms with E-state index in [9.17, 15) is 5.11 Å². The van der Waals surface area contributed by atoms with Crippen LogP contribution >= 0.6 is 0 Å². The number of pyridine rings is 1. The first-order valence-corrected chi connectivity index (χ1v) is 6.81. The highest BCUT2D eigenvalue weighted by Gasteiger charge is 2.36. The van der Waals surface area contributed by atoms with Gasteiger partial charge in [-0.05, 0) is 38.1 Å². The molecule has 2 aliphatic heterocycles. The molecule has 3 heterocycles. The maximum Gasteiger partial charge on any atom is 0.129 e. The second-order valence-electron chi connectivity index (χ2n) is 5.30. The van der Waals surface area contributed by atoms with Crippen molar-refractivity contribution in [2.75, 3.05) is 31.1 Å². The van der Waals surface area contributed by atoms with E-state index in [0.717, 1.165) is 25.5 Å². The summed E-state index contributed by atoms with van der Waals surface area (Å²) in [4.78, 5) is 8.76. The monoisotopic (exact) mass is 258 g/mol. The van der Waals surface area contributed by atoms with Gasteiger partial charge in [-0.2, -0.15) is 5.26 Å². The highest BCUT2D eigenvalue weighted by Crippen LogP contribution is 2.24. The number of rotatable bonds is 2. The third-order valence-electron chi connectivity index (χ3n) is 4.07. The Morgan fingerprint density at radius 1 is 1.32 bits per heavy atom. The molecule has 0 unspecified atom stereocenters. The highest BCUT2D eigenvalue weighted by atomic mass is 16.3. The van der Waals surface area contributed by atoms with Crippen molar-refractivity contribution in [3.05, 3.63) is 23.9 Å². The van der Waals surface area contributed by atoms with Crippen molar-refractivity contribution >= 4 is 5.82 Å². The number of aromatic nitrogens is 1. The molecule has 2 saturated heterocycles. The van der Waals surface area contributed by atoms with Crippen LogP contribution in [-0.4, -0.2) is 53.3 Å². The summed E-state index contributed by atoms with van der Waals surface area (Å²) in [7, 11) is 0. The normalized spacial score (nSPS) is 27.7. The number of anilines is 1. The van der Waals surface area contributed by atoms with Gasteiger partial charge in [-0.15, -0.1) is 0 Å². The van der Waals surface area contributed by atoms with Gasteiger partial charge in [0.05, 0.1) is 23.8 Å². The van der Waals surface area contributed by atoms with Crippen molar-refractivity contribution in [1.82, 2.24) is 9.88 Å². The van der Waals surface area contributed by atoms with Crippen LogP contribution in [0.4, 0.5) is 5.82 Å². The molecule has 0 saturated carbocycles. The zero-order valence-corrected chi connectivity index (χ0v) is 10.9. The third kappa shape index (κ3) is 2.42. The first-order valence-electron chi connectivity index (χ1n) is 6.81. The van der Waals surface area contributed by atoms with Crippen molar-refractivity contribution in [3.63, 3.8) is 0 Å². The number of aliphatic hydroxyl groups is 1. The molecule has 5 heteroatoms. The Labute approximate surface area is 113 Å². The largest absolute Gasteiger partial charge is 0.390 e. The lowest BCUT2D eigenvalue weighted by molar-refractivity contribution is 0.0986. The van der Waals surface area contributed by atoms with E-state index in [1.54, 1.807) is 18.3 Å². The quantitative estimate of drug-likeness (QED) is 0.841. The first-order chi connectivity index (χ1) is 9.28. The summed E-state index contributed by atoms with van der Waals surface area (Å²) in [6, 6.07) is 5.83. The maximum absolute atomic E-state index is 10.2. The van der Waals surface area contributed by atoms with Gasteiger partial charge >= 0.3 is 0 Å². The van der Waals surface area contributed by atoms with E-state index in [4.69, 9.17) is 5.26 Å². The zero-order valence-electron chi connectivity index (χ0n) is 10.9. The molecule has 1 N–H and O–H groups in total. The summed E-state index contributed by atoms with van der Waals surface area (Å²) in [6.45, 7) is 3.56. The van der Waals surface area contributed by atoms with Crippen molar-refractivity contribution < 1.29 is 5.11 Å². The van der Waals surface area contributed by atoms with Crippen molar-refractivity contribution in [2.24, 2.45) is 0 Å². The highest BCUT2D eigenvalue weighted by molar-refractivity contribution is 5.46. The SMILES string of the molecule is N#Cc1ccnc(N2C[C@H](O)[C@@H](N3CCCC3)C2)c1. The standard InChI is InChI=1S/C14H18N4O/c15-8-11-3-4-16-14(7-11)18-9-12(13(19)10-18)17-5-1-2-6-17/h3-4,7,12-13,19H,1-2,5-6,9-10H2/t12-,13-/m0/s1. The van der Waals surface area contributed by atoms with Gasteiger partial charge in [-0.3, -0.25) is 4.90 Å². The van der Waals surface area contributed by atoms with Crippen LogP contribution in [0.3, 0.4) is 0 Å². The van der Waals surface area contributed by atoms with Gasteiger partial charge in [0.25, 0.3) is 0 Å². The van der Waals surface area contributed by atoms with E-state index >= 15 is 0 Å². The van der Waals surface area contributed by atoms with Gasteiger partial charge in [-0.25, -0.2) is 4.98 Å². The van der Waals surface area contributed by atoms with Crippen LogP contribution in [0.5, 0.6) is 0 Å². The van der Waals surface area contributed by atoms with E-state index in [-0.39, 0.29) is 12.1 Å². The molecule has 2 aliphatic rings. The summed E-state index contributed by atoms with van der Waals surface area (Å²) >= 11 is 0. The smallest absolute Gasteiger partial charge is 0.129 e. The van der Waals surface area contributed by atoms with Gasteiger partial charge in [-0.1, -0.05) is 0 Å². The molecule has 0 radical (unpaired) electrons. The first kappa shape index (κ1) is 12.4. The number of likely N-dealkylation sites (tertiary alicyclic amines) is 1. The third-order valence-corrected chi connectivity index (χ3v) is 4.07. The van der Waals surface area contributed by atoms with Gasteiger partial charge in [0.15, 0.2) is 0 Å². The lowest BCUT2D eigenvalue weighted by Gasteiger charge is -2.25. The van der Waals surface area contributed by atoms with Gasteiger partial charge in [0, 0.05) is 19.3 Å². The van der Waals surface area contributed by atoms with Crippen molar-refractivity contribution in [2.45, 2.75) is 25.0 Å². The minimum atomic E-state index is -0.328.